The number of aromatic nitrogens is 1. The molecular formula is C11H10BrN3OS. The van der Waals surface area contributed by atoms with Crippen molar-refractivity contribution in [2.45, 2.75) is 6.92 Å². The Kier molecular flexibility index (Phi) is 3.44. The zero-order valence-electron chi connectivity index (χ0n) is 9.03. The Morgan fingerprint density at radius 2 is 2.29 bits per heavy atom. The third-order valence-electron chi connectivity index (χ3n) is 2.10. The average molecular weight is 312 g/mol. The largest absolute Gasteiger partial charge is 0.398 e. The van der Waals surface area contributed by atoms with E-state index in [2.05, 4.69) is 26.2 Å². The van der Waals surface area contributed by atoms with Gasteiger partial charge in [-0.2, -0.15) is 0 Å². The monoisotopic (exact) mass is 311 g/mol. The summed E-state index contributed by atoms with van der Waals surface area (Å²) in [5, 5.41) is 3.31. The minimum absolute atomic E-state index is 0.210. The molecule has 1 aromatic carbocycles. The first kappa shape index (κ1) is 12.1. The molecule has 0 unspecified atom stereocenters. The average Bonchev–Trinajstić information content (AvgIpc) is 2.68. The number of amides is 1. The summed E-state index contributed by atoms with van der Waals surface area (Å²) < 4.78 is 0.777. The van der Waals surface area contributed by atoms with E-state index in [1.165, 1.54) is 11.3 Å². The fourth-order valence-electron chi connectivity index (χ4n) is 1.27. The van der Waals surface area contributed by atoms with Crippen molar-refractivity contribution in [1.29, 1.82) is 0 Å². The van der Waals surface area contributed by atoms with Crippen LogP contribution < -0.4 is 11.1 Å². The van der Waals surface area contributed by atoms with Crippen molar-refractivity contribution in [2.75, 3.05) is 11.1 Å². The first-order chi connectivity index (χ1) is 8.06. The maximum atomic E-state index is 11.9. The van der Waals surface area contributed by atoms with Crippen LogP contribution in [0.5, 0.6) is 0 Å². The molecule has 1 aromatic heterocycles. The van der Waals surface area contributed by atoms with Gasteiger partial charge in [0.1, 0.15) is 0 Å². The van der Waals surface area contributed by atoms with Crippen molar-refractivity contribution in [2.24, 2.45) is 0 Å². The number of hydrogen-bond acceptors (Lipinski definition) is 4. The number of rotatable bonds is 2. The van der Waals surface area contributed by atoms with E-state index in [1.54, 1.807) is 24.4 Å². The highest BCUT2D eigenvalue weighted by atomic mass is 79.9. The molecule has 0 aliphatic carbocycles. The van der Waals surface area contributed by atoms with Gasteiger partial charge in [-0.05, 0) is 41.1 Å². The molecule has 1 amide bonds. The number of nitrogen functional groups attached to an aromatic ring is 1. The third kappa shape index (κ3) is 2.83. The predicted molar refractivity (Wildman–Crippen MR) is 73.4 cm³/mol. The second kappa shape index (κ2) is 4.85. The SMILES string of the molecule is Cc1cnc(NC(=O)c2ccc(Br)c(N)c2)s1. The molecule has 2 rings (SSSR count). The molecule has 0 fully saturated rings. The Bertz CT molecular complexity index is 568. The maximum Gasteiger partial charge on any atom is 0.257 e. The van der Waals surface area contributed by atoms with Gasteiger partial charge in [-0.25, -0.2) is 4.98 Å². The van der Waals surface area contributed by atoms with Crippen molar-refractivity contribution < 1.29 is 4.79 Å². The number of carbonyl (C=O) groups is 1. The number of halogens is 1. The van der Waals surface area contributed by atoms with Crippen LogP contribution in [0.2, 0.25) is 0 Å². The number of thiazole rings is 1. The molecule has 2 aromatic rings. The van der Waals surface area contributed by atoms with E-state index in [9.17, 15) is 4.79 Å². The lowest BCUT2D eigenvalue weighted by atomic mass is 10.2. The molecule has 3 N–H and O–H groups in total. The van der Waals surface area contributed by atoms with Gasteiger partial charge >= 0.3 is 0 Å². The van der Waals surface area contributed by atoms with Gasteiger partial charge in [-0.3, -0.25) is 10.1 Å². The first-order valence-electron chi connectivity index (χ1n) is 4.85. The summed E-state index contributed by atoms with van der Waals surface area (Å²) in [4.78, 5) is 17.0. The summed E-state index contributed by atoms with van der Waals surface area (Å²) in [6.45, 7) is 1.94. The lowest BCUT2D eigenvalue weighted by Crippen LogP contribution is -2.11. The number of aryl methyl sites for hydroxylation is 1. The summed E-state index contributed by atoms with van der Waals surface area (Å²) in [5.41, 5.74) is 6.76. The molecule has 0 bridgehead atoms. The van der Waals surface area contributed by atoms with E-state index >= 15 is 0 Å². The molecule has 0 aliphatic rings. The van der Waals surface area contributed by atoms with Gasteiger partial charge < -0.3 is 5.73 Å². The van der Waals surface area contributed by atoms with E-state index in [-0.39, 0.29) is 5.91 Å². The molecule has 1 heterocycles. The van der Waals surface area contributed by atoms with Crippen LogP contribution in [-0.4, -0.2) is 10.9 Å². The molecule has 0 aliphatic heterocycles. The van der Waals surface area contributed by atoms with Gasteiger partial charge in [-0.1, -0.05) is 0 Å². The molecule has 88 valence electrons. The zero-order valence-corrected chi connectivity index (χ0v) is 11.4. The normalized spacial score (nSPS) is 10.2. The van der Waals surface area contributed by atoms with Crippen molar-refractivity contribution in [3.8, 4) is 0 Å². The fraction of sp³-hybridized carbons (Fsp3) is 0.0909. The molecule has 0 saturated heterocycles. The lowest BCUT2D eigenvalue weighted by molar-refractivity contribution is 0.102. The van der Waals surface area contributed by atoms with Crippen molar-refractivity contribution in [3.05, 3.63) is 39.3 Å². The summed E-state index contributed by atoms with van der Waals surface area (Å²) in [6, 6.07) is 5.08. The van der Waals surface area contributed by atoms with Gasteiger partial charge in [0.25, 0.3) is 5.91 Å². The number of anilines is 2. The summed E-state index contributed by atoms with van der Waals surface area (Å²) in [5.74, 6) is -0.210. The molecule has 0 atom stereocenters. The minimum atomic E-state index is -0.210. The van der Waals surface area contributed by atoms with Gasteiger partial charge in [0, 0.05) is 26.8 Å². The molecule has 0 radical (unpaired) electrons. The smallest absolute Gasteiger partial charge is 0.257 e. The number of carbonyl (C=O) groups excluding carboxylic acids is 1. The van der Waals surface area contributed by atoms with Crippen LogP contribution >= 0.6 is 27.3 Å². The van der Waals surface area contributed by atoms with Gasteiger partial charge in [-0.15, -0.1) is 11.3 Å². The highest BCUT2D eigenvalue weighted by molar-refractivity contribution is 9.10. The van der Waals surface area contributed by atoms with Crippen molar-refractivity contribution in [3.63, 3.8) is 0 Å². The van der Waals surface area contributed by atoms with Gasteiger partial charge in [0.05, 0.1) is 0 Å². The van der Waals surface area contributed by atoms with Crippen LogP contribution in [-0.2, 0) is 0 Å². The van der Waals surface area contributed by atoms with Crippen LogP contribution in [0.15, 0.2) is 28.9 Å². The summed E-state index contributed by atoms with van der Waals surface area (Å²) in [7, 11) is 0. The molecule has 6 heteroatoms. The van der Waals surface area contributed by atoms with Crippen molar-refractivity contribution >= 4 is 44.0 Å². The highest BCUT2D eigenvalue weighted by Crippen LogP contribution is 2.22. The number of nitrogens with two attached hydrogens (primary N) is 1. The van der Waals surface area contributed by atoms with E-state index in [1.807, 2.05) is 6.92 Å². The third-order valence-corrected chi connectivity index (χ3v) is 3.65. The summed E-state index contributed by atoms with van der Waals surface area (Å²) >= 11 is 4.72. The standard InChI is InChI=1S/C11H10BrN3OS/c1-6-5-14-11(17-6)15-10(16)7-2-3-8(12)9(13)4-7/h2-5H,13H2,1H3,(H,14,15,16). The Morgan fingerprint density at radius 3 is 2.88 bits per heavy atom. The number of benzene rings is 1. The first-order valence-corrected chi connectivity index (χ1v) is 6.46. The van der Waals surface area contributed by atoms with Crippen LogP contribution in [0.1, 0.15) is 15.2 Å². The molecule has 0 saturated carbocycles. The lowest BCUT2D eigenvalue weighted by Gasteiger charge is -2.03. The predicted octanol–water partition coefficient (Wildman–Crippen LogP) is 3.05. The quantitative estimate of drug-likeness (QED) is 0.838. The van der Waals surface area contributed by atoms with E-state index in [0.717, 1.165) is 9.35 Å². The number of hydrogen-bond donors (Lipinski definition) is 2. The van der Waals surface area contributed by atoms with E-state index in [4.69, 9.17) is 5.73 Å². The Morgan fingerprint density at radius 1 is 1.53 bits per heavy atom. The highest BCUT2D eigenvalue weighted by Gasteiger charge is 2.09. The number of nitrogens with one attached hydrogen (secondary N) is 1. The number of nitrogens with zero attached hydrogens (tertiary/aromatic N) is 1. The van der Waals surface area contributed by atoms with Crippen molar-refractivity contribution in [1.82, 2.24) is 4.98 Å². The molecular weight excluding hydrogens is 302 g/mol. The molecule has 4 nitrogen and oxygen atoms in total. The van der Waals surface area contributed by atoms with Gasteiger partial charge in [0.2, 0.25) is 0 Å². The Hall–Kier alpha value is -1.40. The zero-order chi connectivity index (χ0) is 12.4. The molecule has 17 heavy (non-hydrogen) atoms. The Labute approximate surface area is 111 Å². The van der Waals surface area contributed by atoms with E-state index < -0.39 is 0 Å². The minimum Gasteiger partial charge on any atom is -0.398 e. The van der Waals surface area contributed by atoms with Gasteiger partial charge in [0.15, 0.2) is 5.13 Å². The summed E-state index contributed by atoms with van der Waals surface area (Å²) in [6.07, 6.45) is 1.72. The maximum absolute atomic E-state index is 11.9. The van der Waals surface area contributed by atoms with E-state index in [0.29, 0.717) is 16.4 Å². The van der Waals surface area contributed by atoms with Crippen LogP contribution in [0.4, 0.5) is 10.8 Å². The fourth-order valence-corrected chi connectivity index (χ4v) is 2.17. The van der Waals surface area contributed by atoms with Crippen LogP contribution in [0, 0.1) is 6.92 Å². The second-order valence-electron chi connectivity index (χ2n) is 3.47. The topological polar surface area (TPSA) is 68.0 Å². The second-order valence-corrected chi connectivity index (χ2v) is 5.56. The van der Waals surface area contributed by atoms with Crippen LogP contribution in [0.3, 0.4) is 0 Å². The molecule has 0 spiro atoms. The van der Waals surface area contributed by atoms with Crippen LogP contribution in [0.25, 0.3) is 0 Å². The Balaban J connectivity index is 2.17.